The zero-order valence-electron chi connectivity index (χ0n) is 15.7. The van der Waals surface area contributed by atoms with Gasteiger partial charge >= 0.3 is 0 Å². The van der Waals surface area contributed by atoms with Crippen molar-refractivity contribution in [3.05, 3.63) is 102 Å². The third-order valence-electron chi connectivity index (χ3n) is 5.19. The molecule has 0 heterocycles. The minimum Gasteiger partial charge on any atom is -0.488 e. The molecular weight excluding hydrogens is 372 g/mol. The first kappa shape index (κ1) is 19.1. The number of amides is 1. The van der Waals surface area contributed by atoms with Gasteiger partial charge in [0, 0.05) is 5.92 Å². The van der Waals surface area contributed by atoms with Gasteiger partial charge in [0.05, 0.1) is 6.04 Å². The summed E-state index contributed by atoms with van der Waals surface area (Å²) in [4.78, 5) is 12.8. The Kier molecular flexibility index (Phi) is 5.56. The van der Waals surface area contributed by atoms with Gasteiger partial charge in [0.25, 0.3) is 0 Å². The van der Waals surface area contributed by atoms with Gasteiger partial charge in [-0.05, 0) is 47.7 Å². The standard InChI is InChI=1S/C24H21F2NO2/c25-18-12-10-16(11-13-18)19-14-20(19)24(28)27-22(17-6-2-1-3-7-17)15-29-23-9-5-4-8-21(23)26/h1-13,19-20,22H,14-15H2,(H,27,28). The fraction of sp³-hybridized carbons (Fsp3) is 0.208. The van der Waals surface area contributed by atoms with E-state index >= 15 is 0 Å². The molecule has 3 aromatic rings. The molecule has 1 fully saturated rings. The van der Waals surface area contributed by atoms with Gasteiger partial charge in [-0.3, -0.25) is 4.79 Å². The van der Waals surface area contributed by atoms with E-state index in [1.165, 1.54) is 18.2 Å². The van der Waals surface area contributed by atoms with Gasteiger partial charge in [0.2, 0.25) is 5.91 Å². The Labute approximate surface area is 168 Å². The molecular formula is C24H21F2NO2. The van der Waals surface area contributed by atoms with Crippen LogP contribution in [0, 0.1) is 17.6 Å². The predicted octanol–water partition coefficient (Wildman–Crippen LogP) is 5.00. The van der Waals surface area contributed by atoms with E-state index in [2.05, 4.69) is 5.32 Å². The summed E-state index contributed by atoms with van der Waals surface area (Å²) < 4.78 is 32.6. The summed E-state index contributed by atoms with van der Waals surface area (Å²) in [6.07, 6.45) is 0.729. The monoisotopic (exact) mass is 393 g/mol. The average molecular weight is 393 g/mol. The van der Waals surface area contributed by atoms with Crippen LogP contribution in [0.25, 0.3) is 0 Å². The van der Waals surface area contributed by atoms with E-state index in [1.54, 1.807) is 30.3 Å². The highest BCUT2D eigenvalue weighted by Gasteiger charge is 2.44. The van der Waals surface area contributed by atoms with E-state index in [0.29, 0.717) is 0 Å². The maximum absolute atomic E-state index is 13.9. The molecule has 0 saturated heterocycles. The largest absolute Gasteiger partial charge is 0.488 e. The van der Waals surface area contributed by atoms with Gasteiger partial charge in [-0.1, -0.05) is 54.6 Å². The van der Waals surface area contributed by atoms with Crippen LogP contribution >= 0.6 is 0 Å². The molecule has 3 unspecified atom stereocenters. The van der Waals surface area contributed by atoms with Crippen molar-refractivity contribution < 1.29 is 18.3 Å². The fourth-order valence-corrected chi connectivity index (χ4v) is 3.48. The second-order valence-corrected chi connectivity index (χ2v) is 7.21. The number of halogens is 2. The van der Waals surface area contributed by atoms with Crippen molar-refractivity contribution in [2.45, 2.75) is 18.4 Å². The molecule has 0 bridgehead atoms. The first-order chi connectivity index (χ1) is 14.1. The molecule has 5 heteroatoms. The number of benzene rings is 3. The van der Waals surface area contributed by atoms with Crippen molar-refractivity contribution >= 4 is 5.91 Å². The van der Waals surface area contributed by atoms with E-state index in [4.69, 9.17) is 4.74 Å². The lowest BCUT2D eigenvalue weighted by Gasteiger charge is -2.20. The third kappa shape index (κ3) is 4.62. The molecule has 3 atom stereocenters. The number of rotatable bonds is 7. The van der Waals surface area contributed by atoms with Gasteiger partial charge in [-0.2, -0.15) is 0 Å². The zero-order valence-corrected chi connectivity index (χ0v) is 15.7. The minimum atomic E-state index is -0.441. The van der Waals surface area contributed by atoms with Crippen LogP contribution in [0.4, 0.5) is 8.78 Å². The quantitative estimate of drug-likeness (QED) is 0.613. The number of carbonyl (C=O) groups is 1. The third-order valence-corrected chi connectivity index (χ3v) is 5.19. The molecule has 1 aliphatic rings. The summed E-state index contributed by atoms with van der Waals surface area (Å²) in [5.74, 6) is -0.711. The Morgan fingerprint density at radius 1 is 0.966 bits per heavy atom. The number of ether oxygens (including phenoxy) is 1. The Balaban J connectivity index is 1.43. The molecule has 29 heavy (non-hydrogen) atoms. The van der Waals surface area contributed by atoms with E-state index < -0.39 is 11.9 Å². The van der Waals surface area contributed by atoms with E-state index in [0.717, 1.165) is 17.5 Å². The van der Waals surface area contributed by atoms with Gasteiger partial charge in [-0.25, -0.2) is 8.78 Å². The summed E-state index contributed by atoms with van der Waals surface area (Å²) in [5.41, 5.74) is 1.85. The van der Waals surface area contributed by atoms with E-state index in [-0.39, 0.29) is 35.9 Å². The molecule has 1 aliphatic carbocycles. The second kappa shape index (κ2) is 8.43. The number of carbonyl (C=O) groups excluding carboxylic acids is 1. The normalized spacial score (nSPS) is 18.7. The lowest BCUT2D eigenvalue weighted by atomic mass is 10.1. The smallest absolute Gasteiger partial charge is 0.224 e. The lowest BCUT2D eigenvalue weighted by Crippen LogP contribution is -2.33. The van der Waals surface area contributed by atoms with Gasteiger partial charge < -0.3 is 10.1 Å². The summed E-state index contributed by atoms with van der Waals surface area (Å²) in [6, 6.07) is 21.5. The molecule has 0 aliphatic heterocycles. The molecule has 4 rings (SSSR count). The number of hydrogen-bond acceptors (Lipinski definition) is 2. The number of nitrogens with one attached hydrogen (secondary N) is 1. The van der Waals surface area contributed by atoms with Crippen molar-refractivity contribution in [2.24, 2.45) is 5.92 Å². The molecule has 148 valence electrons. The molecule has 0 aromatic heterocycles. The van der Waals surface area contributed by atoms with Crippen LogP contribution in [0.3, 0.4) is 0 Å². The van der Waals surface area contributed by atoms with Crippen LogP contribution in [0.1, 0.15) is 29.5 Å². The van der Waals surface area contributed by atoms with E-state index in [1.807, 2.05) is 30.3 Å². The maximum atomic E-state index is 13.9. The zero-order chi connectivity index (χ0) is 20.2. The first-order valence-corrected chi connectivity index (χ1v) is 9.60. The van der Waals surface area contributed by atoms with Crippen LogP contribution in [-0.2, 0) is 4.79 Å². The van der Waals surface area contributed by atoms with Crippen molar-refractivity contribution in [1.82, 2.24) is 5.32 Å². The van der Waals surface area contributed by atoms with Gasteiger partial charge in [0.1, 0.15) is 12.4 Å². The van der Waals surface area contributed by atoms with Gasteiger partial charge in [0.15, 0.2) is 11.6 Å². The Hall–Kier alpha value is -3.21. The molecule has 3 nitrogen and oxygen atoms in total. The van der Waals surface area contributed by atoms with Crippen molar-refractivity contribution in [1.29, 1.82) is 0 Å². The Morgan fingerprint density at radius 3 is 2.38 bits per heavy atom. The number of hydrogen-bond donors (Lipinski definition) is 1. The molecule has 1 N–H and O–H groups in total. The topological polar surface area (TPSA) is 38.3 Å². The van der Waals surface area contributed by atoms with Crippen LogP contribution in [0.2, 0.25) is 0 Å². The van der Waals surface area contributed by atoms with Crippen molar-refractivity contribution in [3.63, 3.8) is 0 Å². The summed E-state index contributed by atoms with van der Waals surface area (Å²) >= 11 is 0. The summed E-state index contributed by atoms with van der Waals surface area (Å²) in [7, 11) is 0. The summed E-state index contributed by atoms with van der Waals surface area (Å²) in [5, 5.41) is 3.04. The number of para-hydroxylation sites is 1. The fourth-order valence-electron chi connectivity index (χ4n) is 3.48. The second-order valence-electron chi connectivity index (χ2n) is 7.21. The Morgan fingerprint density at radius 2 is 1.66 bits per heavy atom. The lowest BCUT2D eigenvalue weighted by molar-refractivity contribution is -0.123. The SMILES string of the molecule is O=C(NC(COc1ccccc1F)c1ccccc1)C1CC1c1ccc(F)cc1. The molecule has 0 radical (unpaired) electrons. The minimum absolute atomic E-state index is 0.0784. The highest BCUT2D eigenvalue weighted by atomic mass is 19.1. The van der Waals surface area contributed by atoms with Crippen LogP contribution < -0.4 is 10.1 Å². The molecule has 3 aromatic carbocycles. The molecule has 0 spiro atoms. The first-order valence-electron chi connectivity index (χ1n) is 9.60. The Bertz CT molecular complexity index is 976. The summed E-state index contributed by atoms with van der Waals surface area (Å²) in [6.45, 7) is 0.116. The highest BCUT2D eigenvalue weighted by Crippen LogP contribution is 2.47. The van der Waals surface area contributed by atoms with Crippen LogP contribution in [0.5, 0.6) is 5.75 Å². The molecule has 1 saturated carbocycles. The highest BCUT2D eigenvalue weighted by molar-refractivity contribution is 5.83. The predicted molar refractivity (Wildman–Crippen MR) is 106 cm³/mol. The van der Waals surface area contributed by atoms with Crippen LogP contribution in [-0.4, -0.2) is 12.5 Å². The molecule has 1 amide bonds. The van der Waals surface area contributed by atoms with Crippen LogP contribution in [0.15, 0.2) is 78.9 Å². The maximum Gasteiger partial charge on any atom is 0.224 e. The van der Waals surface area contributed by atoms with Crippen molar-refractivity contribution in [2.75, 3.05) is 6.61 Å². The van der Waals surface area contributed by atoms with E-state index in [9.17, 15) is 13.6 Å². The van der Waals surface area contributed by atoms with Gasteiger partial charge in [-0.15, -0.1) is 0 Å². The average Bonchev–Trinajstić information content (AvgIpc) is 3.54. The van der Waals surface area contributed by atoms with Crippen molar-refractivity contribution in [3.8, 4) is 5.75 Å².